The van der Waals surface area contributed by atoms with E-state index in [1.54, 1.807) is 24.3 Å². The first-order chi connectivity index (χ1) is 9.15. The first kappa shape index (κ1) is 12.2. The largest absolute Gasteiger partial charge is 0.465 e. The fourth-order valence-corrected chi connectivity index (χ4v) is 3.12. The van der Waals surface area contributed by atoms with Gasteiger partial charge in [-0.05, 0) is 24.3 Å². The van der Waals surface area contributed by atoms with Gasteiger partial charge in [0, 0.05) is 0 Å². The van der Waals surface area contributed by atoms with Crippen LogP contribution in [0.25, 0.3) is 0 Å². The highest BCUT2D eigenvalue weighted by atomic mass is 35.5. The monoisotopic (exact) mass is 293 g/mol. The van der Waals surface area contributed by atoms with Crippen LogP contribution in [0.4, 0.5) is 10.5 Å². The van der Waals surface area contributed by atoms with Gasteiger partial charge < -0.3 is 9.84 Å². The van der Waals surface area contributed by atoms with Crippen molar-refractivity contribution in [1.29, 1.82) is 0 Å². The number of anilines is 1. The van der Waals surface area contributed by atoms with E-state index in [1.165, 1.54) is 11.8 Å². The van der Waals surface area contributed by atoms with Crippen LogP contribution < -0.4 is 10.1 Å². The number of ether oxygens (including phenoxy) is 1. The number of carboxylic acid groups (broad SMARTS) is 1. The number of halogens is 1. The lowest BCUT2D eigenvalue weighted by Crippen LogP contribution is -2.09. The molecule has 0 atom stereocenters. The van der Waals surface area contributed by atoms with Crippen LogP contribution in [0.5, 0.6) is 11.5 Å². The number of rotatable bonds is 1. The lowest BCUT2D eigenvalue weighted by atomic mass is 10.3. The fraction of sp³-hybridized carbons (Fsp3) is 0. The quantitative estimate of drug-likeness (QED) is 0.683. The van der Waals surface area contributed by atoms with Crippen molar-refractivity contribution in [1.82, 2.24) is 0 Å². The average molecular weight is 294 g/mol. The average Bonchev–Trinajstić information content (AvgIpc) is 2.37. The molecular weight excluding hydrogens is 286 g/mol. The van der Waals surface area contributed by atoms with Crippen molar-refractivity contribution in [2.75, 3.05) is 5.32 Å². The normalized spacial score (nSPS) is 12.1. The van der Waals surface area contributed by atoms with Crippen molar-refractivity contribution >= 4 is 35.1 Å². The van der Waals surface area contributed by atoms with Crippen LogP contribution >= 0.6 is 23.4 Å². The van der Waals surface area contributed by atoms with Crippen molar-refractivity contribution in [2.24, 2.45) is 0 Å². The molecule has 0 aromatic heterocycles. The van der Waals surface area contributed by atoms with E-state index in [0.29, 0.717) is 22.2 Å². The molecule has 2 aromatic rings. The van der Waals surface area contributed by atoms with Crippen LogP contribution in [0.2, 0.25) is 5.02 Å². The van der Waals surface area contributed by atoms with Crippen LogP contribution in [-0.4, -0.2) is 11.2 Å². The lowest BCUT2D eigenvalue weighted by molar-refractivity contribution is 0.209. The minimum atomic E-state index is -1.11. The number of benzene rings is 2. The predicted molar refractivity (Wildman–Crippen MR) is 73.7 cm³/mol. The molecule has 1 aliphatic rings. The molecule has 96 valence electrons. The van der Waals surface area contributed by atoms with Gasteiger partial charge >= 0.3 is 6.09 Å². The fourth-order valence-electron chi connectivity index (χ4n) is 1.80. The number of nitrogens with one attached hydrogen (secondary N) is 1. The Hall–Kier alpha value is -1.85. The molecule has 0 unspecified atom stereocenters. The summed E-state index contributed by atoms with van der Waals surface area (Å²) < 4.78 is 5.74. The number of hydrogen-bond donors (Lipinski definition) is 2. The van der Waals surface area contributed by atoms with Gasteiger partial charge in [0.15, 0.2) is 5.75 Å². The molecule has 6 heteroatoms. The molecule has 0 radical (unpaired) electrons. The summed E-state index contributed by atoms with van der Waals surface area (Å²) in [4.78, 5) is 12.4. The number of para-hydroxylation sites is 1. The van der Waals surface area contributed by atoms with Crippen LogP contribution in [-0.2, 0) is 0 Å². The van der Waals surface area contributed by atoms with Crippen LogP contribution in [0.15, 0.2) is 46.2 Å². The van der Waals surface area contributed by atoms with E-state index in [2.05, 4.69) is 5.32 Å². The molecule has 1 amide bonds. The van der Waals surface area contributed by atoms with Gasteiger partial charge in [0.25, 0.3) is 0 Å². The van der Waals surface area contributed by atoms with Gasteiger partial charge in [-0.15, -0.1) is 0 Å². The third kappa shape index (κ3) is 2.22. The summed E-state index contributed by atoms with van der Waals surface area (Å²) in [5, 5.41) is 11.7. The highest BCUT2D eigenvalue weighted by molar-refractivity contribution is 7.99. The third-order valence-electron chi connectivity index (χ3n) is 2.58. The number of carbonyl (C=O) groups is 1. The second kappa shape index (κ2) is 4.68. The zero-order chi connectivity index (χ0) is 13.4. The second-order valence-electron chi connectivity index (χ2n) is 3.83. The van der Waals surface area contributed by atoms with E-state index in [9.17, 15) is 4.79 Å². The molecule has 0 spiro atoms. The maximum Gasteiger partial charge on any atom is 0.409 e. The van der Waals surface area contributed by atoms with Crippen LogP contribution in [0, 0.1) is 0 Å². The molecule has 1 heterocycles. The molecule has 2 aromatic carbocycles. The summed E-state index contributed by atoms with van der Waals surface area (Å²) in [6.07, 6.45) is -1.11. The summed E-state index contributed by atoms with van der Waals surface area (Å²) in [5.74, 6) is 1.20. The molecule has 0 aliphatic carbocycles. The van der Waals surface area contributed by atoms with Crippen molar-refractivity contribution in [2.45, 2.75) is 9.79 Å². The molecule has 3 rings (SSSR count). The Kier molecular flexibility index (Phi) is 3.00. The van der Waals surface area contributed by atoms with E-state index < -0.39 is 6.09 Å². The Labute approximate surface area is 118 Å². The molecular formula is C13H8ClNO3S. The molecule has 0 saturated carbocycles. The number of fused-ring (bicyclic) bond motifs is 2. The Morgan fingerprint density at radius 3 is 2.84 bits per heavy atom. The van der Waals surface area contributed by atoms with Crippen molar-refractivity contribution in [3.63, 3.8) is 0 Å². The summed E-state index contributed by atoms with van der Waals surface area (Å²) in [5.41, 5.74) is 0.501. The van der Waals surface area contributed by atoms with Crippen LogP contribution in [0.3, 0.4) is 0 Å². The first-order valence-electron chi connectivity index (χ1n) is 5.42. The molecule has 0 saturated heterocycles. The van der Waals surface area contributed by atoms with Gasteiger partial charge in [-0.2, -0.15) is 0 Å². The standard InChI is InChI=1S/C13H8ClNO3S/c14-7-3-1-6-10-11(7)18-9-5-2-4-8(12(9)19-10)15-13(16)17/h1-6,15H,(H,16,17). The minimum absolute atomic E-state index is 0.501. The molecule has 1 aliphatic heterocycles. The van der Waals surface area contributed by atoms with E-state index >= 15 is 0 Å². The van der Waals surface area contributed by atoms with Crippen molar-refractivity contribution < 1.29 is 14.6 Å². The Morgan fingerprint density at radius 2 is 2.05 bits per heavy atom. The van der Waals surface area contributed by atoms with Gasteiger partial charge in [-0.3, -0.25) is 5.32 Å². The summed E-state index contributed by atoms with van der Waals surface area (Å²) >= 11 is 7.51. The first-order valence-corrected chi connectivity index (χ1v) is 6.62. The number of hydrogen-bond acceptors (Lipinski definition) is 3. The third-order valence-corrected chi connectivity index (χ3v) is 4.04. The van der Waals surface area contributed by atoms with E-state index in [-0.39, 0.29) is 0 Å². The van der Waals surface area contributed by atoms with Gasteiger partial charge in [-0.25, -0.2) is 4.79 Å². The van der Waals surface area contributed by atoms with Crippen LogP contribution in [0.1, 0.15) is 0 Å². The van der Waals surface area contributed by atoms with Gasteiger partial charge in [0.2, 0.25) is 0 Å². The highest BCUT2D eigenvalue weighted by Gasteiger charge is 2.22. The predicted octanol–water partition coefficient (Wildman–Crippen LogP) is 4.69. The summed E-state index contributed by atoms with van der Waals surface area (Å²) in [6, 6.07) is 10.7. The maximum absolute atomic E-state index is 10.8. The number of amides is 1. The topological polar surface area (TPSA) is 58.6 Å². The smallest absolute Gasteiger partial charge is 0.409 e. The molecule has 0 bridgehead atoms. The second-order valence-corrected chi connectivity index (χ2v) is 5.29. The lowest BCUT2D eigenvalue weighted by Gasteiger charge is -2.22. The zero-order valence-corrected chi connectivity index (χ0v) is 11.1. The van der Waals surface area contributed by atoms with Gasteiger partial charge in [0.05, 0.1) is 20.5 Å². The maximum atomic E-state index is 10.8. The Bertz CT molecular complexity index is 675. The van der Waals surface area contributed by atoms with Crippen molar-refractivity contribution in [3.05, 3.63) is 41.4 Å². The van der Waals surface area contributed by atoms with E-state index in [0.717, 1.165) is 9.79 Å². The SMILES string of the molecule is O=C(O)Nc1cccc2c1Sc1cccc(Cl)c1O2. The minimum Gasteiger partial charge on any atom is -0.465 e. The van der Waals surface area contributed by atoms with Gasteiger partial charge in [-0.1, -0.05) is 35.5 Å². The Morgan fingerprint density at radius 1 is 1.26 bits per heavy atom. The van der Waals surface area contributed by atoms with Gasteiger partial charge in [0.1, 0.15) is 5.75 Å². The summed E-state index contributed by atoms with van der Waals surface area (Å²) in [6.45, 7) is 0. The molecule has 4 nitrogen and oxygen atoms in total. The zero-order valence-electron chi connectivity index (χ0n) is 9.51. The van der Waals surface area contributed by atoms with E-state index in [1.807, 2.05) is 12.1 Å². The summed E-state index contributed by atoms with van der Waals surface area (Å²) in [7, 11) is 0. The Balaban J connectivity index is 2.07. The molecule has 0 fully saturated rings. The molecule has 19 heavy (non-hydrogen) atoms. The molecule has 2 N–H and O–H groups in total. The van der Waals surface area contributed by atoms with Crippen molar-refractivity contribution in [3.8, 4) is 11.5 Å². The van der Waals surface area contributed by atoms with E-state index in [4.69, 9.17) is 21.4 Å². The highest BCUT2D eigenvalue weighted by Crippen LogP contribution is 2.52.